The van der Waals surface area contributed by atoms with Crippen LogP contribution in [-0.4, -0.2) is 34.0 Å². The average Bonchev–Trinajstić information content (AvgIpc) is 2.69. The lowest BCUT2D eigenvalue weighted by Gasteiger charge is -2.15. The highest BCUT2D eigenvalue weighted by Crippen LogP contribution is 2.12. The summed E-state index contributed by atoms with van der Waals surface area (Å²) in [6, 6.07) is 5.61. The zero-order chi connectivity index (χ0) is 11.0. The molecule has 0 atom stereocenters. The molecule has 1 amide bonds. The van der Waals surface area contributed by atoms with E-state index < -0.39 is 0 Å². The Labute approximate surface area is 91.9 Å². The van der Waals surface area contributed by atoms with E-state index in [0.717, 1.165) is 11.4 Å². The monoisotopic (exact) mass is 212 g/mol. The first-order chi connectivity index (χ1) is 7.83. The minimum Gasteiger partial charge on any atom is -0.307 e. The zero-order valence-corrected chi connectivity index (χ0v) is 8.37. The summed E-state index contributed by atoms with van der Waals surface area (Å²) in [5.41, 5.74) is 1.51. The minimum atomic E-state index is -0.161. The summed E-state index contributed by atoms with van der Waals surface area (Å²) >= 11 is 0. The van der Waals surface area contributed by atoms with Crippen LogP contribution >= 0.6 is 0 Å². The molecule has 2 aliphatic heterocycles. The smallest absolute Gasteiger partial charge is 0.268 e. The molecule has 5 heteroatoms. The molecular weight excluding hydrogens is 204 g/mol. The number of carbonyl (C=O) groups excluding carboxylic acids is 1. The van der Waals surface area contributed by atoms with E-state index in [1.54, 1.807) is 17.3 Å². The molecule has 0 unspecified atom stereocenters. The summed E-state index contributed by atoms with van der Waals surface area (Å²) in [6.07, 6.45) is 5.35. The Morgan fingerprint density at radius 2 is 2.19 bits per heavy atom. The number of guanidine groups is 1. The molecule has 0 aliphatic carbocycles. The molecule has 0 spiro atoms. The summed E-state index contributed by atoms with van der Waals surface area (Å²) in [7, 11) is 0. The van der Waals surface area contributed by atoms with Crippen LogP contribution in [-0.2, 0) is 4.79 Å². The number of hydrogen-bond acceptors (Lipinski definition) is 4. The number of aliphatic imine (C=N–C) groups is 2. The van der Waals surface area contributed by atoms with Gasteiger partial charge in [-0.05, 0) is 18.2 Å². The van der Waals surface area contributed by atoms with Gasteiger partial charge in [0, 0.05) is 12.4 Å². The normalized spacial score (nSPS) is 18.2. The molecule has 3 heterocycles. The fourth-order valence-corrected chi connectivity index (χ4v) is 1.60. The van der Waals surface area contributed by atoms with Crippen LogP contribution in [0.5, 0.6) is 0 Å². The molecule has 0 saturated carbocycles. The number of fused-ring (bicyclic) bond motifs is 1. The Balaban J connectivity index is 2.00. The maximum absolute atomic E-state index is 11.1. The van der Waals surface area contributed by atoms with Crippen LogP contribution in [0.3, 0.4) is 0 Å². The molecule has 2 aliphatic rings. The van der Waals surface area contributed by atoms with Gasteiger partial charge in [0.05, 0.1) is 11.4 Å². The molecule has 1 aromatic rings. The average molecular weight is 212 g/mol. The number of aromatic nitrogens is 1. The second-order valence-electron chi connectivity index (χ2n) is 3.46. The first-order valence-electron chi connectivity index (χ1n) is 4.89. The van der Waals surface area contributed by atoms with E-state index in [9.17, 15) is 4.79 Å². The van der Waals surface area contributed by atoms with Gasteiger partial charge in [0.15, 0.2) is 0 Å². The van der Waals surface area contributed by atoms with E-state index in [1.165, 1.54) is 0 Å². The first kappa shape index (κ1) is 8.96. The lowest BCUT2D eigenvalue weighted by atomic mass is 10.2. The van der Waals surface area contributed by atoms with E-state index in [0.29, 0.717) is 5.96 Å². The number of carbonyl (C=O) groups is 1. The van der Waals surface area contributed by atoms with Gasteiger partial charge in [-0.15, -0.1) is 0 Å². The number of hydrogen-bond donors (Lipinski definition) is 0. The third kappa shape index (κ3) is 1.42. The highest BCUT2D eigenvalue weighted by molar-refractivity contribution is 6.17. The number of pyridine rings is 1. The van der Waals surface area contributed by atoms with E-state index in [4.69, 9.17) is 0 Å². The summed E-state index contributed by atoms with van der Waals surface area (Å²) < 4.78 is 0. The van der Waals surface area contributed by atoms with Crippen molar-refractivity contribution in [2.45, 2.75) is 0 Å². The number of allylic oxidation sites excluding steroid dienone is 1. The molecule has 0 radical (unpaired) electrons. The third-order valence-electron chi connectivity index (χ3n) is 2.35. The van der Waals surface area contributed by atoms with Gasteiger partial charge < -0.3 is 4.90 Å². The third-order valence-corrected chi connectivity index (χ3v) is 2.35. The largest absolute Gasteiger partial charge is 0.307 e. The molecule has 5 nitrogen and oxygen atoms in total. The molecule has 78 valence electrons. The van der Waals surface area contributed by atoms with Crippen LogP contribution in [0.15, 0.2) is 46.7 Å². The van der Waals surface area contributed by atoms with Crippen molar-refractivity contribution in [2.75, 3.05) is 6.54 Å². The van der Waals surface area contributed by atoms with E-state index in [1.807, 2.05) is 24.3 Å². The second-order valence-corrected chi connectivity index (χ2v) is 3.46. The summed E-state index contributed by atoms with van der Waals surface area (Å²) in [5.74, 6) is 0.291. The topological polar surface area (TPSA) is 57.9 Å². The molecule has 16 heavy (non-hydrogen) atoms. The van der Waals surface area contributed by atoms with Gasteiger partial charge in [-0.3, -0.25) is 9.78 Å². The standard InChI is InChI=1S/C11H8N4O/c16-10-7-15-6-4-9(13-11(15)14-10)8-3-1-2-5-12-8/h1-6H,7H2. The van der Waals surface area contributed by atoms with Gasteiger partial charge in [-0.1, -0.05) is 6.07 Å². The Hall–Kier alpha value is -2.30. The summed E-state index contributed by atoms with van der Waals surface area (Å²) in [6.45, 7) is 0.283. The Morgan fingerprint density at radius 3 is 3.00 bits per heavy atom. The highest BCUT2D eigenvalue weighted by Gasteiger charge is 2.24. The van der Waals surface area contributed by atoms with Crippen LogP contribution in [0.2, 0.25) is 0 Å². The lowest BCUT2D eigenvalue weighted by Crippen LogP contribution is -2.25. The van der Waals surface area contributed by atoms with Crippen LogP contribution < -0.4 is 0 Å². The van der Waals surface area contributed by atoms with Crippen LogP contribution in [0.25, 0.3) is 0 Å². The fourth-order valence-electron chi connectivity index (χ4n) is 1.60. The molecule has 0 bridgehead atoms. The Kier molecular flexibility index (Phi) is 1.89. The van der Waals surface area contributed by atoms with E-state index >= 15 is 0 Å². The number of nitrogens with zero attached hydrogens (tertiary/aromatic N) is 4. The predicted octanol–water partition coefficient (Wildman–Crippen LogP) is 0.596. The highest BCUT2D eigenvalue weighted by atomic mass is 16.2. The van der Waals surface area contributed by atoms with E-state index in [-0.39, 0.29) is 12.5 Å². The van der Waals surface area contributed by atoms with Crippen molar-refractivity contribution in [3.05, 3.63) is 42.4 Å². The fraction of sp³-hybridized carbons (Fsp3) is 0.0909. The van der Waals surface area contributed by atoms with Crippen molar-refractivity contribution in [2.24, 2.45) is 9.98 Å². The number of rotatable bonds is 1. The van der Waals surface area contributed by atoms with Gasteiger partial charge in [0.25, 0.3) is 5.91 Å². The lowest BCUT2D eigenvalue weighted by molar-refractivity contribution is -0.116. The van der Waals surface area contributed by atoms with E-state index in [2.05, 4.69) is 15.0 Å². The summed E-state index contributed by atoms with van der Waals surface area (Å²) in [4.78, 5) is 25.1. The molecule has 0 aromatic carbocycles. The molecule has 3 rings (SSSR count). The first-order valence-corrected chi connectivity index (χ1v) is 4.89. The summed E-state index contributed by atoms with van der Waals surface area (Å²) in [5, 5.41) is 0. The van der Waals surface area contributed by atoms with Crippen LogP contribution in [0.1, 0.15) is 5.69 Å². The number of amides is 1. The van der Waals surface area contributed by atoms with Crippen LogP contribution in [0, 0.1) is 0 Å². The molecular formula is C11H8N4O. The van der Waals surface area contributed by atoms with Gasteiger partial charge in [0.1, 0.15) is 6.54 Å². The van der Waals surface area contributed by atoms with Gasteiger partial charge in [-0.2, -0.15) is 4.99 Å². The van der Waals surface area contributed by atoms with Crippen molar-refractivity contribution >= 4 is 17.6 Å². The Bertz CT molecular complexity index is 530. The maximum Gasteiger partial charge on any atom is 0.268 e. The quantitative estimate of drug-likeness (QED) is 0.684. The van der Waals surface area contributed by atoms with Gasteiger partial charge in [-0.25, -0.2) is 4.99 Å². The van der Waals surface area contributed by atoms with Crippen LogP contribution in [0.4, 0.5) is 0 Å². The van der Waals surface area contributed by atoms with Crippen molar-refractivity contribution < 1.29 is 4.79 Å². The van der Waals surface area contributed by atoms with Crippen molar-refractivity contribution in [3.8, 4) is 0 Å². The second kappa shape index (κ2) is 3.37. The maximum atomic E-state index is 11.1. The molecule has 1 aromatic heterocycles. The van der Waals surface area contributed by atoms with Crippen molar-refractivity contribution in [1.82, 2.24) is 9.88 Å². The van der Waals surface area contributed by atoms with Crippen molar-refractivity contribution in [1.29, 1.82) is 0 Å². The SMILES string of the molecule is O=C1CN2C=CC(c3ccccn3)=NC2=N1. The molecule has 0 saturated heterocycles. The van der Waals surface area contributed by atoms with Crippen molar-refractivity contribution in [3.63, 3.8) is 0 Å². The Morgan fingerprint density at radius 1 is 1.25 bits per heavy atom. The zero-order valence-electron chi connectivity index (χ0n) is 8.37. The minimum absolute atomic E-state index is 0.161. The predicted molar refractivity (Wildman–Crippen MR) is 59.1 cm³/mol. The van der Waals surface area contributed by atoms with Gasteiger partial charge >= 0.3 is 0 Å². The molecule has 0 N–H and O–H groups in total. The molecule has 0 fully saturated rings. The van der Waals surface area contributed by atoms with Gasteiger partial charge in [0.2, 0.25) is 5.96 Å².